The summed E-state index contributed by atoms with van der Waals surface area (Å²) in [6, 6.07) is 1.94. The molecule has 0 bridgehead atoms. The fraction of sp³-hybridized carbons (Fsp3) is 0.579. The van der Waals surface area contributed by atoms with E-state index in [1.54, 1.807) is 11.8 Å². The zero-order valence-electron chi connectivity index (χ0n) is 13.9. The van der Waals surface area contributed by atoms with Crippen LogP contribution >= 0.6 is 0 Å². The van der Waals surface area contributed by atoms with E-state index in [0.29, 0.717) is 5.56 Å². The van der Waals surface area contributed by atoms with E-state index in [4.69, 9.17) is 0 Å². The minimum atomic E-state index is 0.121. The summed E-state index contributed by atoms with van der Waals surface area (Å²) in [6.07, 6.45) is 15.6. The molecule has 124 valence electrons. The molecule has 1 fully saturated rings. The van der Waals surface area contributed by atoms with E-state index in [1.807, 2.05) is 17.2 Å². The Bertz CT molecular complexity index is 561. The number of rotatable bonds is 5. The second-order valence-electron chi connectivity index (χ2n) is 6.60. The molecule has 0 saturated carbocycles. The second kappa shape index (κ2) is 8.14. The average Bonchev–Trinajstić information content (AvgIpc) is 2.63. The molecule has 1 aromatic heterocycles. The highest BCUT2D eigenvalue weighted by Gasteiger charge is 2.18. The van der Waals surface area contributed by atoms with E-state index < -0.39 is 0 Å². The zero-order chi connectivity index (χ0) is 15.9. The van der Waals surface area contributed by atoms with Crippen molar-refractivity contribution in [2.75, 3.05) is 25.0 Å². The van der Waals surface area contributed by atoms with Crippen LogP contribution in [0.3, 0.4) is 0 Å². The molecule has 2 heterocycles. The van der Waals surface area contributed by atoms with Gasteiger partial charge in [0.05, 0.1) is 11.3 Å². The van der Waals surface area contributed by atoms with Gasteiger partial charge in [-0.1, -0.05) is 11.6 Å². The van der Waals surface area contributed by atoms with Crippen LogP contribution in [0.5, 0.6) is 0 Å². The maximum absolute atomic E-state index is 12.5. The molecule has 1 aliphatic heterocycles. The van der Waals surface area contributed by atoms with Gasteiger partial charge in [-0.25, -0.2) is 0 Å². The highest BCUT2D eigenvalue weighted by Crippen LogP contribution is 2.20. The third-order valence-electron chi connectivity index (χ3n) is 4.79. The number of hydrogen-bond donors (Lipinski definition) is 1. The van der Waals surface area contributed by atoms with Gasteiger partial charge in [0.25, 0.3) is 5.91 Å². The number of likely N-dealkylation sites (tertiary alicyclic amines) is 1. The molecular weight excluding hydrogens is 286 g/mol. The van der Waals surface area contributed by atoms with Gasteiger partial charge in [-0.2, -0.15) is 0 Å². The third kappa shape index (κ3) is 4.57. The van der Waals surface area contributed by atoms with Crippen molar-refractivity contribution in [3.05, 3.63) is 35.7 Å². The van der Waals surface area contributed by atoms with Crippen molar-refractivity contribution < 1.29 is 4.79 Å². The lowest BCUT2D eigenvalue weighted by Crippen LogP contribution is -2.35. The number of aromatic nitrogens is 1. The number of nitrogens with zero attached hydrogens (tertiary/aromatic N) is 2. The first kappa shape index (κ1) is 16.0. The van der Waals surface area contributed by atoms with E-state index in [2.05, 4.69) is 16.4 Å². The maximum Gasteiger partial charge on any atom is 0.255 e. The van der Waals surface area contributed by atoms with Gasteiger partial charge in [-0.3, -0.25) is 9.78 Å². The summed E-state index contributed by atoms with van der Waals surface area (Å²) in [5.41, 5.74) is 3.22. The lowest BCUT2D eigenvalue weighted by molar-refractivity contribution is 0.0724. The van der Waals surface area contributed by atoms with Crippen molar-refractivity contribution in [2.45, 2.75) is 51.4 Å². The monoisotopic (exact) mass is 313 g/mol. The predicted octanol–water partition coefficient (Wildman–Crippen LogP) is 4.01. The van der Waals surface area contributed by atoms with Crippen LogP contribution in [-0.2, 0) is 0 Å². The number of hydrogen-bond acceptors (Lipinski definition) is 3. The largest absolute Gasteiger partial charge is 0.383 e. The number of carbonyl (C=O) groups excluding carboxylic acids is 1. The molecule has 23 heavy (non-hydrogen) atoms. The Morgan fingerprint density at radius 1 is 1.13 bits per heavy atom. The molecule has 1 saturated heterocycles. The summed E-state index contributed by atoms with van der Waals surface area (Å²) in [6.45, 7) is 2.67. The number of pyridine rings is 1. The zero-order valence-corrected chi connectivity index (χ0v) is 13.9. The van der Waals surface area contributed by atoms with Crippen molar-refractivity contribution >= 4 is 11.6 Å². The number of nitrogens with one attached hydrogen (secondary N) is 1. The Hall–Kier alpha value is -1.84. The van der Waals surface area contributed by atoms with E-state index in [1.165, 1.54) is 32.1 Å². The Morgan fingerprint density at radius 3 is 2.78 bits per heavy atom. The summed E-state index contributed by atoms with van der Waals surface area (Å²) in [5.74, 6) is 0.121. The first-order chi connectivity index (χ1) is 11.3. The molecule has 0 atom stereocenters. The first-order valence-electron chi connectivity index (χ1n) is 8.99. The van der Waals surface area contributed by atoms with Gasteiger partial charge in [0.2, 0.25) is 0 Å². The summed E-state index contributed by atoms with van der Waals surface area (Å²) >= 11 is 0. The lowest BCUT2D eigenvalue weighted by atomic mass is 9.97. The van der Waals surface area contributed by atoms with Gasteiger partial charge in [0.15, 0.2) is 0 Å². The summed E-state index contributed by atoms with van der Waals surface area (Å²) in [4.78, 5) is 18.7. The number of anilines is 1. The standard InChI is InChI=1S/C19H27N3O/c23-19(22-11-5-2-6-12-22)17-13-18(15-20-14-17)21-10-9-16-7-3-1-4-8-16/h7,13-15,21H,1-6,8-12H2. The lowest BCUT2D eigenvalue weighted by Gasteiger charge is -2.26. The molecule has 0 radical (unpaired) electrons. The molecule has 4 nitrogen and oxygen atoms in total. The van der Waals surface area contributed by atoms with Crippen molar-refractivity contribution in [1.82, 2.24) is 9.88 Å². The second-order valence-corrected chi connectivity index (χ2v) is 6.60. The molecule has 0 spiro atoms. The molecule has 1 N–H and O–H groups in total. The highest BCUT2D eigenvalue weighted by atomic mass is 16.2. The minimum Gasteiger partial charge on any atom is -0.383 e. The van der Waals surface area contributed by atoms with Gasteiger partial charge in [-0.15, -0.1) is 0 Å². The molecule has 0 aromatic carbocycles. The molecule has 1 aromatic rings. The van der Waals surface area contributed by atoms with Gasteiger partial charge in [0.1, 0.15) is 0 Å². The molecule has 2 aliphatic rings. The number of allylic oxidation sites excluding steroid dienone is 1. The van der Waals surface area contributed by atoms with Crippen LogP contribution in [0.15, 0.2) is 30.1 Å². The van der Waals surface area contributed by atoms with Crippen LogP contribution < -0.4 is 5.32 Å². The van der Waals surface area contributed by atoms with E-state index in [9.17, 15) is 4.79 Å². The normalized spacial score (nSPS) is 18.4. The fourth-order valence-corrected chi connectivity index (χ4v) is 3.43. The van der Waals surface area contributed by atoms with E-state index in [-0.39, 0.29) is 5.91 Å². The maximum atomic E-state index is 12.5. The molecule has 3 rings (SSSR count). The van der Waals surface area contributed by atoms with Crippen LogP contribution in [0.2, 0.25) is 0 Å². The van der Waals surface area contributed by atoms with Crippen LogP contribution in [0, 0.1) is 0 Å². The van der Waals surface area contributed by atoms with Gasteiger partial charge in [-0.05, 0) is 57.4 Å². The van der Waals surface area contributed by atoms with E-state index in [0.717, 1.165) is 44.6 Å². The van der Waals surface area contributed by atoms with Crippen molar-refractivity contribution in [2.24, 2.45) is 0 Å². The number of carbonyl (C=O) groups is 1. The Balaban J connectivity index is 1.54. The quantitative estimate of drug-likeness (QED) is 0.835. The number of piperidine rings is 1. The third-order valence-corrected chi connectivity index (χ3v) is 4.79. The van der Waals surface area contributed by atoms with Crippen molar-refractivity contribution in [1.29, 1.82) is 0 Å². The predicted molar refractivity (Wildman–Crippen MR) is 93.6 cm³/mol. The van der Waals surface area contributed by atoms with Crippen molar-refractivity contribution in [3.63, 3.8) is 0 Å². The Labute approximate surface area is 139 Å². The first-order valence-corrected chi connectivity index (χ1v) is 8.99. The molecular formula is C19H27N3O. The topological polar surface area (TPSA) is 45.2 Å². The Morgan fingerprint density at radius 2 is 2.00 bits per heavy atom. The summed E-state index contributed by atoms with van der Waals surface area (Å²) < 4.78 is 0. The summed E-state index contributed by atoms with van der Waals surface area (Å²) in [5, 5.41) is 3.42. The van der Waals surface area contributed by atoms with E-state index >= 15 is 0 Å². The van der Waals surface area contributed by atoms with Crippen LogP contribution in [0.1, 0.15) is 61.7 Å². The smallest absolute Gasteiger partial charge is 0.255 e. The minimum absolute atomic E-state index is 0.121. The molecule has 1 aliphatic carbocycles. The van der Waals surface area contributed by atoms with Gasteiger partial charge in [0, 0.05) is 32.0 Å². The van der Waals surface area contributed by atoms with Crippen LogP contribution in [-0.4, -0.2) is 35.4 Å². The van der Waals surface area contributed by atoms with Gasteiger partial charge < -0.3 is 10.2 Å². The molecule has 1 amide bonds. The molecule has 4 heteroatoms. The van der Waals surface area contributed by atoms with Gasteiger partial charge >= 0.3 is 0 Å². The fourth-order valence-electron chi connectivity index (χ4n) is 3.43. The highest BCUT2D eigenvalue weighted by molar-refractivity contribution is 5.94. The van der Waals surface area contributed by atoms with Crippen LogP contribution in [0.25, 0.3) is 0 Å². The SMILES string of the molecule is O=C(c1cncc(NCCC2=CCCCC2)c1)N1CCCCC1. The van der Waals surface area contributed by atoms with Crippen molar-refractivity contribution in [3.8, 4) is 0 Å². The average molecular weight is 313 g/mol. The van der Waals surface area contributed by atoms with Crippen LogP contribution in [0.4, 0.5) is 5.69 Å². The molecule has 0 unspecified atom stereocenters. The summed E-state index contributed by atoms with van der Waals surface area (Å²) in [7, 11) is 0. The number of amides is 1. The Kier molecular flexibility index (Phi) is 5.67.